The second-order valence-electron chi connectivity index (χ2n) is 9.74. The summed E-state index contributed by atoms with van der Waals surface area (Å²) >= 11 is 7.37. The van der Waals surface area contributed by atoms with Gasteiger partial charge in [0.2, 0.25) is 5.91 Å². The van der Waals surface area contributed by atoms with E-state index in [0.29, 0.717) is 24.4 Å². The quantitative estimate of drug-likeness (QED) is 0.557. The van der Waals surface area contributed by atoms with E-state index in [1.54, 1.807) is 9.91 Å². The molecule has 2 aromatic carbocycles. The minimum atomic E-state index is -0.588. The molecule has 0 aliphatic carbocycles. The van der Waals surface area contributed by atoms with Gasteiger partial charge in [-0.15, -0.1) is 0 Å². The monoisotopic (exact) mass is 525 g/mol. The molecule has 2 saturated heterocycles. The van der Waals surface area contributed by atoms with Gasteiger partial charge in [0.25, 0.3) is 5.91 Å². The van der Waals surface area contributed by atoms with Gasteiger partial charge in [0.1, 0.15) is 0 Å². The first-order valence-corrected chi connectivity index (χ1v) is 13.9. The molecule has 5 rings (SSSR count). The van der Waals surface area contributed by atoms with E-state index in [4.69, 9.17) is 22.4 Å². The standard InChI is InChI=1S/C27H32ClN5O2S/c28-21-9-4-19(5-10-21)8-13-24-30-33(27(36-24)26(29)35)23-16-25(34)32(18-23)22-11-6-20(7-12-22)17-31-14-2-1-3-15-31/h4-7,9-12,23,27H,1-3,8,13-18H2,(H2,29,35)/t23-,27?/m0/s1. The lowest BCUT2D eigenvalue weighted by atomic mass is 10.1. The number of primary amides is 1. The fraction of sp³-hybridized carbons (Fsp3) is 0.444. The second-order valence-corrected chi connectivity index (χ2v) is 11.3. The van der Waals surface area contributed by atoms with Crippen LogP contribution < -0.4 is 10.6 Å². The molecule has 2 fully saturated rings. The number of nitrogens with zero attached hydrogens (tertiary/aromatic N) is 4. The van der Waals surface area contributed by atoms with Crippen LogP contribution in [-0.2, 0) is 22.6 Å². The van der Waals surface area contributed by atoms with E-state index in [-0.39, 0.29) is 11.9 Å². The molecule has 3 aliphatic rings. The summed E-state index contributed by atoms with van der Waals surface area (Å²) in [6.07, 6.45) is 5.68. The number of halogens is 1. The van der Waals surface area contributed by atoms with Crippen molar-refractivity contribution >= 4 is 45.9 Å². The number of carbonyl (C=O) groups is 2. The molecule has 0 aromatic heterocycles. The predicted molar refractivity (Wildman–Crippen MR) is 146 cm³/mol. The van der Waals surface area contributed by atoms with Crippen molar-refractivity contribution in [1.29, 1.82) is 0 Å². The van der Waals surface area contributed by atoms with Crippen LogP contribution in [0.2, 0.25) is 5.02 Å². The first kappa shape index (κ1) is 25.1. The van der Waals surface area contributed by atoms with Crippen molar-refractivity contribution < 1.29 is 9.59 Å². The van der Waals surface area contributed by atoms with Gasteiger partial charge in [-0.05, 0) is 67.7 Å². The highest BCUT2D eigenvalue weighted by molar-refractivity contribution is 8.15. The molecule has 0 spiro atoms. The molecule has 7 nitrogen and oxygen atoms in total. The molecule has 3 aliphatic heterocycles. The first-order valence-electron chi connectivity index (χ1n) is 12.6. The van der Waals surface area contributed by atoms with Crippen molar-refractivity contribution in [2.45, 2.75) is 56.5 Å². The summed E-state index contributed by atoms with van der Waals surface area (Å²) in [5, 5.41) is 7.49. The fourth-order valence-corrected chi connectivity index (χ4v) is 6.32. The van der Waals surface area contributed by atoms with E-state index < -0.39 is 11.3 Å². The molecule has 0 radical (unpaired) electrons. The van der Waals surface area contributed by atoms with Crippen LogP contribution in [0.5, 0.6) is 0 Å². The number of nitrogens with two attached hydrogens (primary N) is 1. The minimum absolute atomic E-state index is 0.0433. The number of rotatable bonds is 8. The fourth-order valence-electron chi connectivity index (χ4n) is 5.13. The molecule has 1 unspecified atom stereocenters. The lowest BCUT2D eigenvalue weighted by Gasteiger charge is -2.27. The summed E-state index contributed by atoms with van der Waals surface area (Å²) in [6, 6.07) is 15.9. The third kappa shape index (κ3) is 5.88. The zero-order valence-corrected chi connectivity index (χ0v) is 21.9. The van der Waals surface area contributed by atoms with Gasteiger partial charge in [-0.1, -0.05) is 54.0 Å². The van der Waals surface area contributed by atoms with Crippen molar-refractivity contribution in [3.8, 4) is 0 Å². The molecular weight excluding hydrogens is 494 g/mol. The molecule has 2 amide bonds. The van der Waals surface area contributed by atoms with E-state index in [9.17, 15) is 9.59 Å². The molecule has 190 valence electrons. The van der Waals surface area contributed by atoms with Gasteiger partial charge < -0.3 is 10.6 Å². The highest BCUT2D eigenvalue weighted by Gasteiger charge is 2.42. The van der Waals surface area contributed by atoms with Crippen molar-refractivity contribution in [2.75, 3.05) is 24.5 Å². The van der Waals surface area contributed by atoms with Gasteiger partial charge in [-0.25, -0.2) is 0 Å². The van der Waals surface area contributed by atoms with Crippen LogP contribution in [0.1, 0.15) is 43.2 Å². The molecule has 9 heteroatoms. The highest BCUT2D eigenvalue weighted by atomic mass is 35.5. The van der Waals surface area contributed by atoms with E-state index in [1.807, 2.05) is 36.4 Å². The number of anilines is 1. The second kappa shape index (κ2) is 11.2. The molecule has 3 heterocycles. The highest BCUT2D eigenvalue weighted by Crippen LogP contribution is 2.34. The average molecular weight is 526 g/mol. The van der Waals surface area contributed by atoms with Crippen LogP contribution in [0.15, 0.2) is 53.6 Å². The Bertz CT molecular complexity index is 1120. The van der Waals surface area contributed by atoms with Gasteiger partial charge in [-0.3, -0.25) is 19.5 Å². The number of amides is 2. The maximum Gasteiger partial charge on any atom is 0.252 e. The summed E-state index contributed by atoms with van der Waals surface area (Å²) in [7, 11) is 0. The number of carbonyl (C=O) groups excluding carboxylic acids is 2. The summed E-state index contributed by atoms with van der Waals surface area (Å²) in [4.78, 5) is 29.5. The summed E-state index contributed by atoms with van der Waals surface area (Å²) in [6.45, 7) is 3.76. The topological polar surface area (TPSA) is 82.2 Å². The average Bonchev–Trinajstić information content (AvgIpc) is 3.49. The van der Waals surface area contributed by atoms with Gasteiger partial charge in [0.15, 0.2) is 5.37 Å². The van der Waals surface area contributed by atoms with Crippen LogP contribution in [0.4, 0.5) is 5.69 Å². The Morgan fingerprint density at radius 3 is 2.39 bits per heavy atom. The SMILES string of the molecule is NC(=O)C1SC(CCc2ccc(Cl)cc2)=NN1[C@H]1CC(=O)N(c2ccc(CN3CCCCC3)cc2)C1. The molecule has 2 atom stereocenters. The van der Waals surface area contributed by atoms with Gasteiger partial charge in [0.05, 0.1) is 17.5 Å². The Morgan fingerprint density at radius 1 is 1.00 bits per heavy atom. The van der Waals surface area contributed by atoms with Crippen LogP contribution in [0.25, 0.3) is 0 Å². The molecular formula is C27H32ClN5O2S. The molecule has 2 aromatic rings. The van der Waals surface area contributed by atoms with Crippen molar-refractivity contribution in [1.82, 2.24) is 9.91 Å². The van der Waals surface area contributed by atoms with Crippen molar-refractivity contribution in [3.05, 3.63) is 64.7 Å². The van der Waals surface area contributed by atoms with Gasteiger partial charge >= 0.3 is 0 Å². The zero-order chi connectivity index (χ0) is 25.1. The van der Waals surface area contributed by atoms with Gasteiger partial charge in [-0.2, -0.15) is 5.10 Å². The Labute approximate surface area is 221 Å². The minimum Gasteiger partial charge on any atom is -0.367 e. The lowest BCUT2D eigenvalue weighted by molar-refractivity contribution is -0.121. The largest absolute Gasteiger partial charge is 0.367 e. The summed E-state index contributed by atoms with van der Waals surface area (Å²) < 4.78 is 0. The third-order valence-corrected chi connectivity index (χ3v) is 8.56. The molecule has 0 saturated carbocycles. The maximum atomic E-state index is 12.9. The number of hydrazone groups is 1. The smallest absolute Gasteiger partial charge is 0.252 e. The van der Waals surface area contributed by atoms with E-state index in [0.717, 1.165) is 42.3 Å². The number of thioether (sulfide) groups is 1. The number of benzene rings is 2. The number of hydrogen-bond donors (Lipinski definition) is 1. The van der Waals surface area contributed by atoms with Crippen LogP contribution >= 0.6 is 23.4 Å². The Hall–Kier alpha value is -2.55. The van der Waals surface area contributed by atoms with Crippen LogP contribution in [0, 0.1) is 0 Å². The zero-order valence-electron chi connectivity index (χ0n) is 20.3. The first-order chi connectivity index (χ1) is 17.5. The number of likely N-dealkylation sites (tertiary alicyclic amines) is 1. The summed E-state index contributed by atoms with van der Waals surface area (Å²) in [5.74, 6) is -0.389. The number of aryl methyl sites for hydroxylation is 1. The van der Waals surface area contributed by atoms with Crippen LogP contribution in [0.3, 0.4) is 0 Å². The third-order valence-electron chi connectivity index (χ3n) is 7.08. The summed E-state index contributed by atoms with van der Waals surface area (Å²) in [5.41, 5.74) is 9.03. The van der Waals surface area contributed by atoms with Gasteiger partial charge in [0, 0.05) is 30.2 Å². The van der Waals surface area contributed by atoms with E-state index >= 15 is 0 Å². The Morgan fingerprint density at radius 2 is 1.69 bits per heavy atom. The Kier molecular flexibility index (Phi) is 7.84. The molecule has 0 bridgehead atoms. The normalized spacial score (nSPS) is 22.8. The van der Waals surface area contributed by atoms with Crippen molar-refractivity contribution in [2.24, 2.45) is 10.8 Å². The maximum absolute atomic E-state index is 12.9. The molecule has 36 heavy (non-hydrogen) atoms. The number of hydrogen-bond acceptors (Lipinski definition) is 6. The van der Waals surface area contributed by atoms with Crippen molar-refractivity contribution in [3.63, 3.8) is 0 Å². The van der Waals surface area contributed by atoms with E-state index in [1.165, 1.54) is 36.6 Å². The predicted octanol–water partition coefficient (Wildman–Crippen LogP) is 4.24. The number of piperidine rings is 1. The Balaban J connectivity index is 1.22. The lowest BCUT2D eigenvalue weighted by Crippen LogP contribution is -2.44. The van der Waals surface area contributed by atoms with E-state index in [2.05, 4.69) is 17.0 Å². The van der Waals surface area contributed by atoms with Crippen LogP contribution in [-0.4, -0.2) is 57.8 Å². The molecule has 2 N–H and O–H groups in total.